The number of rotatable bonds is 2. The highest BCUT2D eigenvalue weighted by atomic mass is 19.4. The third-order valence-corrected chi connectivity index (χ3v) is 3.83. The highest BCUT2D eigenvalue weighted by Crippen LogP contribution is 2.29. The van der Waals surface area contributed by atoms with Crippen LogP contribution >= 0.6 is 0 Å². The maximum Gasteiger partial charge on any atom is 0.416 e. The van der Waals surface area contributed by atoms with Gasteiger partial charge in [-0.15, -0.1) is 0 Å². The Morgan fingerprint density at radius 3 is 2.29 bits per heavy atom. The fourth-order valence-corrected chi connectivity index (χ4v) is 2.67. The molecule has 6 N–H and O–H groups in total. The van der Waals surface area contributed by atoms with Crippen molar-refractivity contribution in [3.8, 4) is 11.8 Å². The molecule has 0 aliphatic rings. The standard InChI is InChI=1S/C19H13F3N4O2/c20-19(21,22)12-3-1-2-10(8-12)4-5-11-6-7-13-14(9-11)25-17(26-18(24)28)15(13)16(23)27/h1-3,6-9,25H,(H2,23,27)(H3,24,26,28). The summed E-state index contributed by atoms with van der Waals surface area (Å²) in [5.41, 5.74) is 10.8. The second-order valence-electron chi connectivity index (χ2n) is 5.82. The average molecular weight is 386 g/mol. The van der Waals surface area contributed by atoms with Crippen LogP contribution in [0.5, 0.6) is 0 Å². The number of hydrogen-bond acceptors (Lipinski definition) is 2. The highest BCUT2D eigenvalue weighted by molar-refractivity contribution is 6.13. The number of aromatic amines is 1. The molecule has 3 rings (SSSR count). The Hall–Kier alpha value is -3.93. The number of H-pyrrole nitrogens is 1. The largest absolute Gasteiger partial charge is 0.416 e. The van der Waals surface area contributed by atoms with Gasteiger partial charge in [0.1, 0.15) is 5.82 Å². The number of anilines is 1. The molecular weight excluding hydrogens is 373 g/mol. The first kappa shape index (κ1) is 18.8. The number of nitrogens with two attached hydrogens (primary N) is 2. The molecule has 0 fully saturated rings. The lowest BCUT2D eigenvalue weighted by molar-refractivity contribution is -0.137. The summed E-state index contributed by atoms with van der Waals surface area (Å²) in [6, 6.07) is 8.52. The Labute approximate surface area is 156 Å². The van der Waals surface area contributed by atoms with Gasteiger partial charge in [-0.05, 0) is 30.3 Å². The van der Waals surface area contributed by atoms with E-state index < -0.39 is 23.7 Å². The Morgan fingerprint density at radius 2 is 1.68 bits per heavy atom. The minimum absolute atomic E-state index is 0.0537. The van der Waals surface area contributed by atoms with Crippen molar-refractivity contribution in [3.05, 3.63) is 64.7 Å². The van der Waals surface area contributed by atoms with Gasteiger partial charge in [0.15, 0.2) is 0 Å². The van der Waals surface area contributed by atoms with Crippen molar-refractivity contribution >= 4 is 28.7 Å². The van der Waals surface area contributed by atoms with E-state index in [0.29, 0.717) is 16.5 Å². The molecule has 28 heavy (non-hydrogen) atoms. The number of halogens is 3. The Morgan fingerprint density at radius 1 is 1.00 bits per heavy atom. The Kier molecular flexibility index (Phi) is 4.71. The summed E-state index contributed by atoms with van der Waals surface area (Å²) in [6.07, 6.45) is -4.45. The molecule has 0 saturated heterocycles. The predicted molar refractivity (Wildman–Crippen MR) is 97.4 cm³/mol. The van der Waals surface area contributed by atoms with Crippen molar-refractivity contribution in [1.29, 1.82) is 0 Å². The van der Waals surface area contributed by atoms with Gasteiger partial charge in [0, 0.05) is 22.0 Å². The maximum absolute atomic E-state index is 12.8. The molecule has 0 spiro atoms. The van der Waals surface area contributed by atoms with Crippen molar-refractivity contribution in [2.75, 3.05) is 5.32 Å². The van der Waals surface area contributed by atoms with Crippen LogP contribution in [-0.2, 0) is 6.18 Å². The van der Waals surface area contributed by atoms with E-state index in [-0.39, 0.29) is 16.9 Å². The summed E-state index contributed by atoms with van der Waals surface area (Å²) in [5.74, 6) is 4.72. The molecular formula is C19H13F3N4O2. The fraction of sp³-hybridized carbons (Fsp3) is 0.0526. The molecule has 0 atom stereocenters. The van der Waals surface area contributed by atoms with Crippen LogP contribution in [0.4, 0.5) is 23.8 Å². The normalized spacial score (nSPS) is 11.0. The summed E-state index contributed by atoms with van der Waals surface area (Å²) >= 11 is 0. The zero-order valence-corrected chi connectivity index (χ0v) is 14.1. The number of aromatic nitrogens is 1. The molecule has 1 aromatic heterocycles. The van der Waals surface area contributed by atoms with Crippen LogP contribution in [0.25, 0.3) is 10.9 Å². The van der Waals surface area contributed by atoms with Gasteiger partial charge in [0.2, 0.25) is 0 Å². The van der Waals surface area contributed by atoms with Crippen molar-refractivity contribution in [3.63, 3.8) is 0 Å². The van der Waals surface area contributed by atoms with Crippen LogP contribution in [0.1, 0.15) is 27.0 Å². The molecule has 9 heteroatoms. The predicted octanol–water partition coefficient (Wildman–Crippen LogP) is 3.18. The number of fused-ring (bicyclic) bond motifs is 1. The third kappa shape index (κ3) is 3.91. The molecule has 1 heterocycles. The highest BCUT2D eigenvalue weighted by Gasteiger charge is 2.30. The second kappa shape index (κ2) is 7.00. The van der Waals surface area contributed by atoms with Gasteiger partial charge < -0.3 is 16.5 Å². The number of amides is 3. The van der Waals surface area contributed by atoms with Crippen molar-refractivity contribution in [1.82, 2.24) is 4.98 Å². The number of primary amides is 2. The van der Waals surface area contributed by atoms with Crippen LogP contribution in [-0.4, -0.2) is 16.9 Å². The SMILES string of the molecule is NC(=O)Nc1[nH]c2cc(C#Cc3cccc(C(F)(F)F)c3)ccc2c1C(N)=O. The smallest absolute Gasteiger partial charge is 0.365 e. The molecule has 142 valence electrons. The first-order chi connectivity index (χ1) is 13.1. The van der Waals surface area contributed by atoms with E-state index in [1.807, 2.05) is 0 Å². The second-order valence-corrected chi connectivity index (χ2v) is 5.82. The molecule has 0 radical (unpaired) electrons. The lowest BCUT2D eigenvalue weighted by Crippen LogP contribution is -2.22. The molecule has 3 aromatic rings. The zero-order valence-electron chi connectivity index (χ0n) is 14.1. The van der Waals surface area contributed by atoms with Gasteiger partial charge in [0.05, 0.1) is 11.1 Å². The van der Waals surface area contributed by atoms with E-state index in [0.717, 1.165) is 12.1 Å². The van der Waals surface area contributed by atoms with Crippen molar-refractivity contribution in [2.24, 2.45) is 11.5 Å². The summed E-state index contributed by atoms with van der Waals surface area (Å²) < 4.78 is 38.3. The number of alkyl halides is 3. The van der Waals surface area contributed by atoms with E-state index in [4.69, 9.17) is 11.5 Å². The summed E-state index contributed by atoms with van der Waals surface area (Å²) in [7, 11) is 0. The van der Waals surface area contributed by atoms with Crippen LogP contribution in [0, 0.1) is 11.8 Å². The van der Waals surface area contributed by atoms with E-state index in [1.165, 1.54) is 12.1 Å². The monoisotopic (exact) mass is 386 g/mol. The maximum atomic E-state index is 12.8. The number of carbonyl (C=O) groups excluding carboxylic acids is 2. The average Bonchev–Trinajstić information content (AvgIpc) is 2.95. The van der Waals surface area contributed by atoms with Gasteiger partial charge in [-0.2, -0.15) is 13.2 Å². The minimum Gasteiger partial charge on any atom is -0.365 e. The summed E-state index contributed by atoms with van der Waals surface area (Å²) in [6.45, 7) is 0. The minimum atomic E-state index is -4.45. The van der Waals surface area contributed by atoms with Gasteiger partial charge in [-0.25, -0.2) is 4.79 Å². The van der Waals surface area contributed by atoms with Gasteiger partial charge >= 0.3 is 12.2 Å². The van der Waals surface area contributed by atoms with E-state index in [9.17, 15) is 22.8 Å². The fourth-order valence-electron chi connectivity index (χ4n) is 2.67. The molecule has 6 nitrogen and oxygen atoms in total. The van der Waals surface area contributed by atoms with Crippen LogP contribution < -0.4 is 16.8 Å². The topological polar surface area (TPSA) is 114 Å². The van der Waals surface area contributed by atoms with Gasteiger partial charge in [0.25, 0.3) is 5.91 Å². The first-order valence-electron chi connectivity index (χ1n) is 7.86. The molecule has 2 aromatic carbocycles. The Bertz CT molecular complexity index is 1150. The van der Waals surface area contributed by atoms with Crippen molar-refractivity contribution in [2.45, 2.75) is 6.18 Å². The van der Waals surface area contributed by atoms with Crippen molar-refractivity contribution < 1.29 is 22.8 Å². The zero-order chi connectivity index (χ0) is 20.5. The van der Waals surface area contributed by atoms with Crippen LogP contribution in [0.15, 0.2) is 42.5 Å². The van der Waals surface area contributed by atoms with E-state index in [1.54, 1.807) is 18.2 Å². The van der Waals surface area contributed by atoms with Crippen LogP contribution in [0.3, 0.4) is 0 Å². The summed E-state index contributed by atoms with van der Waals surface area (Å²) in [5, 5.41) is 2.73. The molecule has 0 saturated carbocycles. The number of nitrogens with one attached hydrogen (secondary N) is 2. The number of urea groups is 1. The van der Waals surface area contributed by atoms with Gasteiger partial charge in [-0.3, -0.25) is 10.1 Å². The molecule has 0 aliphatic carbocycles. The molecule has 0 bridgehead atoms. The molecule has 0 aliphatic heterocycles. The Balaban J connectivity index is 2.00. The summed E-state index contributed by atoms with van der Waals surface area (Å²) in [4.78, 5) is 25.6. The molecule has 3 amide bonds. The van der Waals surface area contributed by atoms with E-state index in [2.05, 4.69) is 22.1 Å². The van der Waals surface area contributed by atoms with Gasteiger partial charge in [-0.1, -0.05) is 24.0 Å². The molecule has 0 unspecified atom stereocenters. The van der Waals surface area contributed by atoms with E-state index >= 15 is 0 Å². The van der Waals surface area contributed by atoms with Crippen LogP contribution in [0.2, 0.25) is 0 Å². The number of carbonyl (C=O) groups is 2. The lowest BCUT2D eigenvalue weighted by atomic mass is 10.1. The quantitative estimate of drug-likeness (QED) is 0.507. The first-order valence-corrected chi connectivity index (χ1v) is 7.86. The third-order valence-electron chi connectivity index (χ3n) is 3.83. The lowest BCUT2D eigenvalue weighted by Gasteiger charge is -2.05. The number of hydrogen-bond donors (Lipinski definition) is 4. The number of benzene rings is 2.